The predicted octanol–water partition coefficient (Wildman–Crippen LogP) is 3.31. The van der Waals surface area contributed by atoms with Crippen molar-refractivity contribution in [2.45, 2.75) is 6.04 Å². The van der Waals surface area contributed by atoms with Crippen LogP contribution in [0.1, 0.15) is 22.0 Å². The molecule has 0 aliphatic carbocycles. The Kier molecular flexibility index (Phi) is 5.62. The molecule has 0 radical (unpaired) electrons. The molecule has 1 atom stereocenters. The second kappa shape index (κ2) is 8.37. The number of nitrogens with one attached hydrogen (secondary N) is 1. The van der Waals surface area contributed by atoms with Gasteiger partial charge in [-0.2, -0.15) is 4.68 Å². The van der Waals surface area contributed by atoms with Crippen LogP contribution in [0.3, 0.4) is 0 Å². The first-order valence-corrected chi connectivity index (χ1v) is 9.71. The molecule has 1 aromatic heterocycles. The van der Waals surface area contributed by atoms with E-state index in [9.17, 15) is 9.59 Å². The lowest BCUT2D eigenvalue weighted by Crippen LogP contribution is -2.33. The number of halogens is 2. The molecular formula is C20H15Cl2N5O4. The molecule has 0 saturated carbocycles. The van der Waals surface area contributed by atoms with Crippen molar-refractivity contribution in [2.75, 3.05) is 19.5 Å². The van der Waals surface area contributed by atoms with Crippen LogP contribution < -0.4 is 10.1 Å². The van der Waals surface area contributed by atoms with Crippen LogP contribution in [-0.4, -0.2) is 46.2 Å². The van der Waals surface area contributed by atoms with Gasteiger partial charge in [-0.3, -0.25) is 4.79 Å². The van der Waals surface area contributed by atoms with Crippen molar-refractivity contribution in [2.24, 2.45) is 0 Å². The van der Waals surface area contributed by atoms with Crippen LogP contribution in [0.2, 0.25) is 10.0 Å². The molecule has 0 amide bonds. The van der Waals surface area contributed by atoms with Crippen LogP contribution in [0.25, 0.3) is 0 Å². The average Bonchev–Trinajstić information content (AvgIpc) is 3.25. The number of Topliss-reactive ketones (excluding diaryl/α,β-unsaturated/α-hetero) is 1. The van der Waals surface area contributed by atoms with Gasteiger partial charge in [0.15, 0.2) is 5.78 Å². The number of hydrogen-bond donors (Lipinski definition) is 1. The van der Waals surface area contributed by atoms with Crippen molar-refractivity contribution >= 4 is 40.9 Å². The van der Waals surface area contributed by atoms with Crippen molar-refractivity contribution in [1.29, 1.82) is 0 Å². The van der Waals surface area contributed by atoms with Gasteiger partial charge >= 0.3 is 5.97 Å². The Bertz CT molecular complexity index is 1220. The average molecular weight is 460 g/mol. The van der Waals surface area contributed by atoms with Gasteiger partial charge in [0.1, 0.15) is 17.5 Å². The molecule has 2 heterocycles. The van der Waals surface area contributed by atoms with Crippen LogP contribution in [-0.2, 0) is 9.53 Å². The molecule has 1 aliphatic rings. The maximum absolute atomic E-state index is 13.7. The minimum Gasteiger partial charge on any atom is -0.497 e. The fourth-order valence-corrected chi connectivity index (χ4v) is 3.83. The Morgan fingerprint density at radius 1 is 1.13 bits per heavy atom. The highest BCUT2D eigenvalue weighted by Crippen LogP contribution is 2.40. The van der Waals surface area contributed by atoms with E-state index in [0.29, 0.717) is 21.9 Å². The summed E-state index contributed by atoms with van der Waals surface area (Å²) in [6, 6.07) is 10.5. The van der Waals surface area contributed by atoms with E-state index in [-0.39, 0.29) is 22.2 Å². The predicted molar refractivity (Wildman–Crippen MR) is 112 cm³/mol. The number of anilines is 1. The molecule has 4 rings (SSSR count). The topological polar surface area (TPSA) is 108 Å². The molecule has 11 heteroatoms. The molecule has 31 heavy (non-hydrogen) atoms. The van der Waals surface area contributed by atoms with Gasteiger partial charge < -0.3 is 14.8 Å². The minimum absolute atomic E-state index is 0.0594. The smallest absolute Gasteiger partial charge is 0.355 e. The van der Waals surface area contributed by atoms with E-state index >= 15 is 0 Å². The second-order valence-corrected chi connectivity index (χ2v) is 7.33. The summed E-state index contributed by atoms with van der Waals surface area (Å²) < 4.78 is 11.5. The van der Waals surface area contributed by atoms with E-state index in [2.05, 4.69) is 20.8 Å². The maximum atomic E-state index is 13.7. The van der Waals surface area contributed by atoms with Crippen molar-refractivity contribution < 1.29 is 19.1 Å². The van der Waals surface area contributed by atoms with E-state index < -0.39 is 17.8 Å². The monoisotopic (exact) mass is 459 g/mol. The van der Waals surface area contributed by atoms with Gasteiger partial charge in [0, 0.05) is 21.2 Å². The molecule has 0 bridgehead atoms. The summed E-state index contributed by atoms with van der Waals surface area (Å²) in [7, 11) is 2.71. The Morgan fingerprint density at radius 2 is 1.94 bits per heavy atom. The fourth-order valence-electron chi connectivity index (χ4n) is 3.32. The highest BCUT2D eigenvalue weighted by molar-refractivity contribution is 6.35. The SMILES string of the molecule is COC(=O)C1=C(C(=O)c2cccc(OC)c2)[C@H](c2ccc(Cl)cc2Cl)n2nnnc2N1. The Morgan fingerprint density at radius 3 is 2.65 bits per heavy atom. The zero-order valence-electron chi connectivity index (χ0n) is 16.3. The lowest BCUT2D eigenvalue weighted by Gasteiger charge is -2.28. The van der Waals surface area contributed by atoms with Gasteiger partial charge in [0.2, 0.25) is 5.95 Å². The molecule has 0 spiro atoms. The zero-order valence-corrected chi connectivity index (χ0v) is 17.8. The third-order valence-electron chi connectivity index (χ3n) is 4.74. The van der Waals surface area contributed by atoms with Crippen LogP contribution >= 0.6 is 23.2 Å². The van der Waals surface area contributed by atoms with Crippen molar-refractivity contribution in [3.8, 4) is 5.75 Å². The van der Waals surface area contributed by atoms with Crippen LogP contribution in [0.5, 0.6) is 5.75 Å². The van der Waals surface area contributed by atoms with Gasteiger partial charge in [-0.15, -0.1) is 0 Å². The lowest BCUT2D eigenvalue weighted by atomic mass is 9.89. The van der Waals surface area contributed by atoms with E-state index in [1.165, 1.54) is 25.0 Å². The molecule has 1 N–H and O–H groups in total. The summed E-state index contributed by atoms with van der Waals surface area (Å²) in [4.78, 5) is 26.3. The number of tetrazole rings is 1. The standard InChI is InChI=1S/C20H15Cl2N5O4/c1-30-12-5-3-4-10(8-12)18(28)15-16(19(29)31-2)23-20-24-25-26-27(20)17(15)13-7-6-11(21)9-14(13)22/h3-9,17H,1-2H3,(H,23,24,26)/t17-/m0/s1. The van der Waals surface area contributed by atoms with Crippen LogP contribution in [0, 0.1) is 0 Å². The fraction of sp³-hybridized carbons (Fsp3) is 0.150. The number of aromatic nitrogens is 4. The normalized spacial score (nSPS) is 15.2. The number of nitrogens with zero attached hydrogens (tertiary/aromatic N) is 4. The zero-order chi connectivity index (χ0) is 22.1. The van der Waals surface area contributed by atoms with E-state index in [4.69, 9.17) is 32.7 Å². The molecule has 0 saturated heterocycles. The van der Waals surface area contributed by atoms with Crippen molar-refractivity contribution in [3.05, 3.63) is 74.9 Å². The number of allylic oxidation sites excluding steroid dienone is 1. The van der Waals surface area contributed by atoms with Gasteiger partial charge in [-0.25, -0.2) is 4.79 Å². The maximum Gasteiger partial charge on any atom is 0.355 e. The molecule has 9 nitrogen and oxygen atoms in total. The minimum atomic E-state index is -0.913. The number of carbonyl (C=O) groups is 2. The molecule has 0 unspecified atom stereocenters. The Labute approximate surface area is 186 Å². The first kappa shape index (κ1) is 20.8. The number of carbonyl (C=O) groups excluding carboxylic acids is 2. The van der Waals surface area contributed by atoms with E-state index in [1.807, 2.05) is 0 Å². The Hall–Kier alpha value is -3.43. The lowest BCUT2D eigenvalue weighted by molar-refractivity contribution is -0.136. The number of hydrogen-bond acceptors (Lipinski definition) is 8. The summed E-state index contributed by atoms with van der Waals surface area (Å²) in [5.41, 5.74) is 0.746. The quantitative estimate of drug-likeness (QED) is 0.457. The largest absolute Gasteiger partial charge is 0.497 e. The molecule has 158 valence electrons. The summed E-state index contributed by atoms with van der Waals surface area (Å²) in [6.07, 6.45) is 0. The molecule has 3 aromatic rings. The molecular weight excluding hydrogens is 445 g/mol. The summed E-state index contributed by atoms with van der Waals surface area (Å²) >= 11 is 12.5. The van der Waals surface area contributed by atoms with Crippen molar-refractivity contribution in [1.82, 2.24) is 20.2 Å². The van der Waals surface area contributed by atoms with E-state index in [1.54, 1.807) is 36.4 Å². The Balaban J connectivity index is 1.97. The second-order valence-electron chi connectivity index (χ2n) is 6.48. The number of rotatable bonds is 5. The third kappa shape index (κ3) is 3.73. The van der Waals surface area contributed by atoms with Gasteiger partial charge in [0.05, 0.1) is 19.8 Å². The third-order valence-corrected chi connectivity index (χ3v) is 5.30. The first-order valence-electron chi connectivity index (χ1n) is 8.95. The number of ketones is 1. The molecule has 2 aromatic carbocycles. The highest BCUT2D eigenvalue weighted by atomic mass is 35.5. The van der Waals surface area contributed by atoms with Crippen molar-refractivity contribution in [3.63, 3.8) is 0 Å². The number of fused-ring (bicyclic) bond motifs is 1. The first-order chi connectivity index (χ1) is 14.9. The van der Waals surface area contributed by atoms with E-state index in [0.717, 1.165) is 0 Å². The summed E-state index contributed by atoms with van der Waals surface area (Å²) in [6.45, 7) is 0. The van der Waals surface area contributed by atoms with Crippen LogP contribution in [0.15, 0.2) is 53.7 Å². The van der Waals surface area contributed by atoms with Gasteiger partial charge in [-0.1, -0.05) is 46.5 Å². The summed E-state index contributed by atoms with van der Waals surface area (Å²) in [5, 5.41) is 15.0. The van der Waals surface area contributed by atoms with Gasteiger partial charge in [-0.05, 0) is 34.7 Å². The molecule has 0 fully saturated rings. The molecule has 1 aliphatic heterocycles. The number of methoxy groups -OCH3 is 2. The highest BCUT2D eigenvalue weighted by Gasteiger charge is 2.39. The number of benzene rings is 2. The number of esters is 1. The summed E-state index contributed by atoms with van der Waals surface area (Å²) in [5.74, 6) is -0.572. The van der Waals surface area contributed by atoms with Gasteiger partial charge in [0.25, 0.3) is 0 Å². The number of ether oxygens (including phenoxy) is 2. The van der Waals surface area contributed by atoms with Crippen LogP contribution in [0.4, 0.5) is 5.95 Å².